The Bertz CT molecular complexity index is 270. The number of rotatable bonds is 1. The second-order valence-electron chi connectivity index (χ2n) is 3.43. The first-order valence-electron chi connectivity index (χ1n) is 5.09. The Hall–Kier alpha value is -0.890. The van der Waals surface area contributed by atoms with Gasteiger partial charge in [-0.2, -0.15) is 0 Å². The Morgan fingerprint density at radius 1 is 1.07 bits per heavy atom. The van der Waals surface area contributed by atoms with E-state index in [4.69, 9.17) is 4.74 Å². The molecule has 0 saturated carbocycles. The molecule has 1 aromatic rings. The Balaban J connectivity index is 0.000000531. The van der Waals surface area contributed by atoms with Crippen molar-refractivity contribution in [2.24, 2.45) is 0 Å². The van der Waals surface area contributed by atoms with Crippen LogP contribution in [0.5, 0.6) is 0 Å². The lowest BCUT2D eigenvalue weighted by atomic mass is 9.81. The van der Waals surface area contributed by atoms with E-state index < -0.39 is 0 Å². The molecule has 0 spiro atoms. The molecule has 15 heavy (non-hydrogen) atoms. The third-order valence-electron chi connectivity index (χ3n) is 2.41. The molecule has 0 bridgehead atoms. The van der Waals surface area contributed by atoms with Gasteiger partial charge >= 0.3 is 0 Å². The van der Waals surface area contributed by atoms with Gasteiger partial charge in [0.1, 0.15) is 0 Å². The summed E-state index contributed by atoms with van der Waals surface area (Å²) in [6.07, 6.45) is 0. The first kappa shape index (κ1) is 12.2. The monoisotopic (exact) mass is 199 g/mol. The van der Waals surface area contributed by atoms with Crippen LogP contribution < -0.4 is 4.90 Å². The van der Waals surface area contributed by atoms with Gasteiger partial charge in [-0.3, -0.25) is 0 Å². The first-order valence-corrected chi connectivity index (χ1v) is 5.09. The van der Waals surface area contributed by atoms with E-state index in [1.54, 1.807) is 0 Å². The fourth-order valence-corrected chi connectivity index (χ4v) is 1.58. The van der Waals surface area contributed by atoms with Crippen LogP contribution in [0.3, 0.4) is 0 Å². The van der Waals surface area contributed by atoms with Crippen molar-refractivity contribution in [3.63, 3.8) is 0 Å². The maximum absolute atomic E-state index is 5.30. The van der Waals surface area contributed by atoms with E-state index in [0.717, 1.165) is 26.3 Å². The number of morpholine rings is 1. The average Bonchev–Trinajstić information content (AvgIpc) is 2.34. The molecule has 1 aliphatic heterocycles. The topological polar surface area (TPSA) is 12.5 Å². The largest absolute Gasteiger partial charge is 0.378 e. The zero-order valence-corrected chi connectivity index (χ0v) is 9.15. The van der Waals surface area contributed by atoms with Gasteiger partial charge in [-0.1, -0.05) is 17.7 Å². The molecule has 0 aromatic heterocycles. The number of aryl methyl sites for hydroxylation is 1. The lowest BCUT2D eigenvalue weighted by Crippen LogP contribution is -2.36. The predicted octanol–water partition coefficient (Wildman–Crippen LogP) is 1.07. The van der Waals surface area contributed by atoms with E-state index in [1.807, 2.05) is 0 Å². The summed E-state index contributed by atoms with van der Waals surface area (Å²) in [6, 6.07) is 8.68. The van der Waals surface area contributed by atoms with Crippen molar-refractivity contribution in [2.75, 3.05) is 31.2 Å². The SMILES string of the molecule is Cc1ccc(N2CCOCC2)cc1.[B][B]. The van der Waals surface area contributed by atoms with Crippen LogP contribution in [0, 0.1) is 6.92 Å². The van der Waals surface area contributed by atoms with Crippen LogP contribution in [0.2, 0.25) is 0 Å². The van der Waals surface area contributed by atoms with Crippen LogP contribution in [0.1, 0.15) is 5.56 Å². The van der Waals surface area contributed by atoms with Crippen LogP contribution >= 0.6 is 0 Å². The Morgan fingerprint density at radius 2 is 1.60 bits per heavy atom. The fourth-order valence-electron chi connectivity index (χ4n) is 1.58. The van der Waals surface area contributed by atoms with Crippen LogP contribution in [-0.2, 0) is 4.74 Å². The molecule has 2 nitrogen and oxygen atoms in total. The molecular formula is C11H15B2NO. The normalized spacial score (nSPS) is 15.4. The molecule has 1 saturated heterocycles. The third-order valence-corrected chi connectivity index (χ3v) is 2.41. The summed E-state index contributed by atoms with van der Waals surface area (Å²) < 4.78 is 5.30. The van der Waals surface area contributed by atoms with Crippen molar-refractivity contribution in [1.82, 2.24) is 0 Å². The minimum atomic E-state index is 0.855. The van der Waals surface area contributed by atoms with Crippen molar-refractivity contribution in [2.45, 2.75) is 6.92 Å². The Labute approximate surface area is 94.4 Å². The molecule has 1 fully saturated rings. The van der Waals surface area contributed by atoms with E-state index in [0.29, 0.717) is 0 Å². The molecule has 0 atom stereocenters. The summed E-state index contributed by atoms with van der Waals surface area (Å²) in [5.74, 6) is 0. The molecule has 0 amide bonds. The van der Waals surface area contributed by atoms with Gasteiger partial charge in [0, 0.05) is 34.3 Å². The first-order chi connectivity index (χ1) is 7.36. The fraction of sp³-hybridized carbons (Fsp3) is 0.455. The molecule has 1 aliphatic rings. The summed E-state index contributed by atoms with van der Waals surface area (Å²) in [5, 5.41) is 0. The maximum Gasteiger partial charge on any atom is 0.0642 e. The molecule has 4 heteroatoms. The zero-order valence-electron chi connectivity index (χ0n) is 9.15. The molecule has 0 N–H and O–H groups in total. The number of anilines is 1. The number of nitrogens with zero attached hydrogens (tertiary/aromatic N) is 1. The highest BCUT2D eigenvalue weighted by Gasteiger charge is 2.09. The van der Waals surface area contributed by atoms with Gasteiger partial charge in [-0.25, -0.2) is 0 Å². The van der Waals surface area contributed by atoms with Crippen molar-refractivity contribution < 1.29 is 4.74 Å². The highest BCUT2D eigenvalue weighted by Crippen LogP contribution is 2.15. The summed E-state index contributed by atoms with van der Waals surface area (Å²) in [6.45, 7) is 5.86. The second-order valence-corrected chi connectivity index (χ2v) is 3.43. The maximum atomic E-state index is 5.30. The van der Waals surface area contributed by atoms with Crippen LogP contribution in [0.25, 0.3) is 0 Å². The number of hydrogen-bond acceptors (Lipinski definition) is 2. The van der Waals surface area contributed by atoms with Gasteiger partial charge in [0.05, 0.1) is 13.2 Å². The molecule has 4 radical (unpaired) electrons. The van der Waals surface area contributed by atoms with Gasteiger partial charge in [0.2, 0.25) is 0 Å². The van der Waals surface area contributed by atoms with Gasteiger partial charge in [0.15, 0.2) is 0 Å². The van der Waals surface area contributed by atoms with Crippen LogP contribution in [0.4, 0.5) is 5.69 Å². The van der Waals surface area contributed by atoms with Crippen LogP contribution in [0.15, 0.2) is 24.3 Å². The predicted molar refractivity (Wildman–Crippen MR) is 65.7 cm³/mol. The van der Waals surface area contributed by atoms with Crippen molar-refractivity contribution in [3.8, 4) is 0 Å². The van der Waals surface area contributed by atoms with E-state index >= 15 is 0 Å². The Kier molecular flexibility index (Phi) is 5.33. The number of hydrogen-bond donors (Lipinski definition) is 0. The lowest BCUT2D eigenvalue weighted by molar-refractivity contribution is 0.122. The van der Waals surface area contributed by atoms with Gasteiger partial charge in [-0.05, 0) is 19.1 Å². The lowest BCUT2D eigenvalue weighted by Gasteiger charge is -2.28. The summed E-state index contributed by atoms with van der Waals surface area (Å²) in [7, 11) is 8.00. The molecule has 0 aliphatic carbocycles. The minimum Gasteiger partial charge on any atom is -0.378 e. The number of ether oxygens (including phenoxy) is 1. The van der Waals surface area contributed by atoms with Crippen molar-refractivity contribution in [1.29, 1.82) is 0 Å². The van der Waals surface area contributed by atoms with E-state index in [1.165, 1.54) is 11.3 Å². The van der Waals surface area contributed by atoms with E-state index in [9.17, 15) is 0 Å². The van der Waals surface area contributed by atoms with Gasteiger partial charge in [0.25, 0.3) is 0 Å². The van der Waals surface area contributed by atoms with Gasteiger partial charge < -0.3 is 9.64 Å². The molecule has 2 rings (SSSR count). The molecule has 1 aromatic carbocycles. The molecular weight excluding hydrogens is 184 g/mol. The Morgan fingerprint density at radius 3 is 2.13 bits per heavy atom. The molecule has 76 valence electrons. The smallest absolute Gasteiger partial charge is 0.0642 e. The summed E-state index contributed by atoms with van der Waals surface area (Å²) >= 11 is 0. The number of benzene rings is 1. The zero-order chi connectivity index (χ0) is 11.1. The van der Waals surface area contributed by atoms with Crippen molar-refractivity contribution in [3.05, 3.63) is 29.8 Å². The quantitative estimate of drug-likeness (QED) is 0.627. The minimum absolute atomic E-state index is 0.855. The summed E-state index contributed by atoms with van der Waals surface area (Å²) in [4.78, 5) is 2.36. The van der Waals surface area contributed by atoms with Crippen LogP contribution in [-0.4, -0.2) is 41.8 Å². The highest BCUT2D eigenvalue weighted by molar-refractivity contribution is 6.75. The molecule has 1 heterocycles. The molecule has 0 unspecified atom stereocenters. The van der Waals surface area contributed by atoms with E-state index in [2.05, 4.69) is 51.6 Å². The summed E-state index contributed by atoms with van der Waals surface area (Å²) in [5.41, 5.74) is 2.63. The van der Waals surface area contributed by atoms with E-state index in [-0.39, 0.29) is 0 Å². The van der Waals surface area contributed by atoms with Gasteiger partial charge in [-0.15, -0.1) is 0 Å². The average molecular weight is 199 g/mol. The van der Waals surface area contributed by atoms with Crippen molar-refractivity contribution >= 4 is 21.2 Å². The second kappa shape index (κ2) is 6.57. The standard InChI is InChI=1S/C11H15NO.B2/c1-10-2-4-11(5-3-10)12-6-8-13-9-7-12;1-2/h2-5H,6-9H2,1H3;. The third kappa shape index (κ3) is 3.63. The highest BCUT2D eigenvalue weighted by atomic mass is 16.5.